The quantitative estimate of drug-likeness (QED) is 0.614. The third-order valence-corrected chi connectivity index (χ3v) is 5.58. The van der Waals surface area contributed by atoms with Crippen LogP contribution in [0.4, 0.5) is 4.39 Å². The van der Waals surface area contributed by atoms with Gasteiger partial charge >= 0.3 is 0 Å². The number of likely N-dealkylation sites (tertiary alicyclic amines) is 1. The number of aromatic amines is 1. The molecule has 0 aliphatic carbocycles. The zero-order valence-electron chi connectivity index (χ0n) is 16.0. The molecule has 0 bridgehead atoms. The van der Waals surface area contributed by atoms with E-state index in [4.69, 9.17) is 0 Å². The van der Waals surface area contributed by atoms with Crippen LogP contribution in [0.2, 0.25) is 0 Å². The molecule has 1 atom stereocenters. The van der Waals surface area contributed by atoms with Crippen LogP contribution in [0.15, 0.2) is 30.3 Å². The van der Waals surface area contributed by atoms with Gasteiger partial charge in [-0.25, -0.2) is 4.39 Å². The van der Waals surface area contributed by atoms with E-state index in [0.717, 1.165) is 54.6 Å². The largest absolute Gasteiger partial charge is 0.395 e. The van der Waals surface area contributed by atoms with Gasteiger partial charge in [-0.1, -0.05) is 0 Å². The number of fused-ring (bicyclic) bond motifs is 1. The van der Waals surface area contributed by atoms with E-state index in [2.05, 4.69) is 15.0 Å². The average Bonchev–Trinajstić information content (AvgIpc) is 3.38. The molecule has 0 spiro atoms. The van der Waals surface area contributed by atoms with Gasteiger partial charge in [0.1, 0.15) is 11.5 Å². The number of hydrogen-bond acceptors (Lipinski definition) is 4. The van der Waals surface area contributed by atoms with E-state index in [1.165, 1.54) is 12.1 Å². The number of carbonyl (C=O) groups excluding carboxylic acids is 1. The molecule has 7 heteroatoms. The number of Topliss-reactive ketones (excluding diaryl/α,β-unsaturated/α-hetero) is 1. The van der Waals surface area contributed by atoms with Crippen LogP contribution in [-0.2, 0) is 7.05 Å². The number of aliphatic hydroxyl groups is 1. The predicted molar refractivity (Wildman–Crippen MR) is 106 cm³/mol. The number of H-pyrrole nitrogens is 1. The first-order valence-electron chi connectivity index (χ1n) is 9.76. The predicted octanol–water partition coefficient (Wildman–Crippen LogP) is 3.13. The summed E-state index contributed by atoms with van der Waals surface area (Å²) >= 11 is 0. The summed E-state index contributed by atoms with van der Waals surface area (Å²) in [6.45, 7) is 2.00. The normalized spacial score (nSPS) is 17.6. The van der Waals surface area contributed by atoms with Crippen molar-refractivity contribution in [2.45, 2.75) is 31.7 Å². The van der Waals surface area contributed by atoms with Crippen LogP contribution in [-0.4, -0.2) is 56.3 Å². The number of rotatable bonds is 7. The molecule has 6 nitrogen and oxygen atoms in total. The maximum Gasteiger partial charge on any atom is 0.183 e. The summed E-state index contributed by atoms with van der Waals surface area (Å²) in [5.74, 6) is -0.260. The molecule has 1 aromatic carbocycles. The molecule has 1 aliphatic rings. The van der Waals surface area contributed by atoms with E-state index >= 15 is 0 Å². The van der Waals surface area contributed by atoms with Crippen LogP contribution in [0.25, 0.3) is 22.3 Å². The number of nitrogens with one attached hydrogen (secondary N) is 1. The highest BCUT2D eigenvalue weighted by molar-refractivity contribution is 5.95. The molecular weight excluding hydrogens is 359 g/mol. The molecule has 0 unspecified atom stereocenters. The number of halogens is 1. The topological polar surface area (TPSA) is 74.2 Å². The molecule has 148 valence electrons. The van der Waals surface area contributed by atoms with Crippen LogP contribution in [0.3, 0.4) is 0 Å². The lowest BCUT2D eigenvalue weighted by atomic mass is 10.1. The van der Waals surface area contributed by atoms with Crippen LogP contribution >= 0.6 is 0 Å². The lowest BCUT2D eigenvalue weighted by Crippen LogP contribution is -2.33. The van der Waals surface area contributed by atoms with Gasteiger partial charge in [0.2, 0.25) is 0 Å². The van der Waals surface area contributed by atoms with Gasteiger partial charge in [-0.3, -0.25) is 14.4 Å². The Morgan fingerprint density at radius 2 is 2.21 bits per heavy atom. The van der Waals surface area contributed by atoms with Crippen LogP contribution in [0, 0.1) is 5.82 Å². The molecule has 2 aromatic heterocycles. The molecule has 1 aliphatic heterocycles. The van der Waals surface area contributed by atoms with Crippen molar-refractivity contribution in [2.75, 3.05) is 19.7 Å². The van der Waals surface area contributed by atoms with Gasteiger partial charge in [-0.15, -0.1) is 0 Å². The summed E-state index contributed by atoms with van der Waals surface area (Å²) in [6, 6.07) is 8.50. The van der Waals surface area contributed by atoms with Crippen molar-refractivity contribution < 1.29 is 14.3 Å². The summed E-state index contributed by atoms with van der Waals surface area (Å²) in [7, 11) is 1.80. The molecular formula is C21H25FN4O2. The Hall–Kier alpha value is -2.51. The molecule has 28 heavy (non-hydrogen) atoms. The van der Waals surface area contributed by atoms with Crippen molar-refractivity contribution >= 4 is 16.7 Å². The number of aliphatic hydroxyl groups excluding tert-OH is 1. The van der Waals surface area contributed by atoms with Gasteiger partial charge in [0.05, 0.1) is 18.0 Å². The summed E-state index contributed by atoms with van der Waals surface area (Å²) < 4.78 is 15.1. The summed E-state index contributed by atoms with van der Waals surface area (Å²) in [5.41, 5.74) is 2.88. The zero-order valence-corrected chi connectivity index (χ0v) is 16.0. The number of ketones is 1. The molecule has 3 aromatic rings. The zero-order chi connectivity index (χ0) is 19.7. The van der Waals surface area contributed by atoms with E-state index in [0.29, 0.717) is 12.1 Å². The van der Waals surface area contributed by atoms with Crippen molar-refractivity contribution in [1.82, 2.24) is 19.7 Å². The standard InChI is InChI=1S/C21H25FN4O2/c1-25-20(18-11-14-10-15(22)6-7-17(14)23-18)12-19(24-25)21(28)5-3-9-26-8-2-4-16(26)13-27/h6-7,10-12,16,23,27H,2-5,8-9,13H2,1H3/t16-/m1/s1. The van der Waals surface area contributed by atoms with E-state index in [1.807, 2.05) is 6.07 Å². The third kappa shape index (κ3) is 3.72. The Morgan fingerprint density at radius 1 is 1.36 bits per heavy atom. The van der Waals surface area contributed by atoms with E-state index < -0.39 is 0 Å². The first kappa shape index (κ1) is 18.8. The minimum absolute atomic E-state index is 0.0174. The fourth-order valence-electron chi connectivity index (χ4n) is 4.06. The number of hydrogen-bond donors (Lipinski definition) is 2. The molecule has 1 fully saturated rings. The van der Waals surface area contributed by atoms with Crippen molar-refractivity contribution in [3.8, 4) is 11.4 Å². The Balaban J connectivity index is 1.43. The van der Waals surface area contributed by atoms with Gasteiger partial charge < -0.3 is 10.1 Å². The number of nitrogens with zero attached hydrogens (tertiary/aromatic N) is 3. The monoisotopic (exact) mass is 384 g/mol. The maximum absolute atomic E-state index is 13.4. The van der Waals surface area contributed by atoms with Gasteiger partial charge in [-0.2, -0.15) is 5.10 Å². The number of carbonyl (C=O) groups is 1. The van der Waals surface area contributed by atoms with Crippen LogP contribution in [0.1, 0.15) is 36.2 Å². The van der Waals surface area contributed by atoms with E-state index in [9.17, 15) is 14.3 Å². The smallest absolute Gasteiger partial charge is 0.183 e. The second-order valence-corrected chi connectivity index (χ2v) is 7.49. The SMILES string of the molecule is Cn1nc(C(=O)CCCN2CCC[C@@H]2CO)cc1-c1cc2cc(F)ccc2[nH]1. The van der Waals surface area contributed by atoms with E-state index in [-0.39, 0.29) is 24.2 Å². The number of benzene rings is 1. The second-order valence-electron chi connectivity index (χ2n) is 7.49. The number of aromatic nitrogens is 3. The molecule has 4 rings (SSSR count). The minimum atomic E-state index is -0.277. The Labute approximate surface area is 163 Å². The number of aryl methyl sites for hydroxylation is 1. The second kappa shape index (κ2) is 7.85. The Kier molecular flexibility index (Phi) is 5.28. The van der Waals surface area contributed by atoms with Crippen molar-refractivity contribution in [3.63, 3.8) is 0 Å². The van der Waals surface area contributed by atoms with E-state index in [1.54, 1.807) is 23.9 Å². The minimum Gasteiger partial charge on any atom is -0.395 e. The van der Waals surface area contributed by atoms with Gasteiger partial charge in [0.15, 0.2) is 5.78 Å². The average molecular weight is 384 g/mol. The molecule has 0 amide bonds. The Morgan fingerprint density at radius 3 is 3.04 bits per heavy atom. The molecule has 3 heterocycles. The summed E-state index contributed by atoms with van der Waals surface area (Å²) in [5, 5.41) is 14.5. The third-order valence-electron chi connectivity index (χ3n) is 5.58. The van der Waals surface area contributed by atoms with Gasteiger partial charge in [-0.05, 0) is 62.7 Å². The van der Waals surface area contributed by atoms with Gasteiger partial charge in [0, 0.05) is 30.4 Å². The fourth-order valence-corrected chi connectivity index (χ4v) is 4.06. The maximum atomic E-state index is 13.4. The highest BCUT2D eigenvalue weighted by Crippen LogP contribution is 2.25. The highest BCUT2D eigenvalue weighted by atomic mass is 19.1. The molecule has 0 saturated carbocycles. The first-order chi connectivity index (χ1) is 13.5. The first-order valence-corrected chi connectivity index (χ1v) is 9.76. The lowest BCUT2D eigenvalue weighted by molar-refractivity contribution is 0.0964. The van der Waals surface area contributed by atoms with Crippen molar-refractivity contribution in [3.05, 3.63) is 41.8 Å². The lowest BCUT2D eigenvalue weighted by Gasteiger charge is -2.22. The molecule has 0 radical (unpaired) electrons. The van der Waals surface area contributed by atoms with Gasteiger partial charge in [0.25, 0.3) is 0 Å². The fraction of sp³-hybridized carbons (Fsp3) is 0.429. The summed E-state index contributed by atoms with van der Waals surface area (Å²) in [4.78, 5) is 18.1. The Bertz CT molecular complexity index is 994. The summed E-state index contributed by atoms with van der Waals surface area (Å²) in [6.07, 6.45) is 3.33. The highest BCUT2D eigenvalue weighted by Gasteiger charge is 2.23. The molecule has 2 N–H and O–H groups in total. The van der Waals surface area contributed by atoms with Crippen LogP contribution < -0.4 is 0 Å². The van der Waals surface area contributed by atoms with Crippen molar-refractivity contribution in [1.29, 1.82) is 0 Å². The van der Waals surface area contributed by atoms with Crippen molar-refractivity contribution in [2.24, 2.45) is 7.05 Å². The molecule has 1 saturated heterocycles. The van der Waals surface area contributed by atoms with Crippen LogP contribution in [0.5, 0.6) is 0 Å².